The van der Waals surface area contributed by atoms with Gasteiger partial charge in [0.25, 0.3) is 0 Å². The van der Waals surface area contributed by atoms with Crippen LogP contribution in [0.5, 0.6) is 11.6 Å². The molecule has 1 amide bonds. The van der Waals surface area contributed by atoms with Gasteiger partial charge < -0.3 is 14.6 Å². The molecule has 0 bridgehead atoms. The molecule has 0 atom stereocenters. The van der Waals surface area contributed by atoms with Crippen LogP contribution >= 0.6 is 0 Å². The smallest absolute Gasteiger partial charge is 0.228 e. The molecule has 0 aliphatic carbocycles. The molecule has 0 aliphatic rings. The fraction of sp³-hybridized carbons (Fsp3) is 0.0385. The van der Waals surface area contributed by atoms with Gasteiger partial charge in [0.1, 0.15) is 17.9 Å². The van der Waals surface area contributed by atoms with Crippen molar-refractivity contribution in [3.8, 4) is 17.4 Å². The molecule has 0 fully saturated rings. The Morgan fingerprint density at radius 2 is 1.66 bits per heavy atom. The summed E-state index contributed by atoms with van der Waals surface area (Å²) in [5, 5.41) is 5.17. The zero-order valence-electron chi connectivity index (χ0n) is 17.2. The zero-order chi connectivity index (χ0) is 21.8. The Labute approximate surface area is 185 Å². The first-order chi connectivity index (χ1) is 15.7. The van der Waals surface area contributed by atoms with Crippen LogP contribution in [0.25, 0.3) is 16.6 Å². The highest BCUT2D eigenvalue weighted by Crippen LogP contribution is 2.23. The molecule has 6 nitrogen and oxygen atoms in total. The lowest BCUT2D eigenvalue weighted by molar-refractivity contribution is -0.115. The highest BCUT2D eigenvalue weighted by Gasteiger charge is 2.08. The van der Waals surface area contributed by atoms with Crippen molar-refractivity contribution in [1.82, 2.24) is 14.5 Å². The van der Waals surface area contributed by atoms with Gasteiger partial charge in [-0.2, -0.15) is 0 Å². The topological polar surface area (TPSA) is 69.0 Å². The number of hydrogen-bond acceptors (Lipinski definition) is 4. The fourth-order valence-electron chi connectivity index (χ4n) is 3.57. The van der Waals surface area contributed by atoms with Gasteiger partial charge in [0.2, 0.25) is 11.8 Å². The Balaban J connectivity index is 1.24. The zero-order valence-corrected chi connectivity index (χ0v) is 17.2. The highest BCUT2D eigenvalue weighted by atomic mass is 16.5. The van der Waals surface area contributed by atoms with Gasteiger partial charge in [-0.1, -0.05) is 42.5 Å². The molecular formula is C26H20N4O2. The third-order valence-corrected chi connectivity index (χ3v) is 5.09. The van der Waals surface area contributed by atoms with Crippen molar-refractivity contribution >= 4 is 22.4 Å². The first kappa shape index (κ1) is 19.5. The number of nitrogens with zero attached hydrogens (tertiary/aromatic N) is 3. The molecule has 0 spiro atoms. The van der Waals surface area contributed by atoms with Crippen LogP contribution in [0.1, 0.15) is 5.56 Å². The van der Waals surface area contributed by atoms with E-state index in [1.54, 1.807) is 18.2 Å². The second kappa shape index (κ2) is 8.73. The Kier molecular flexibility index (Phi) is 5.32. The largest absolute Gasteiger partial charge is 0.439 e. The van der Waals surface area contributed by atoms with Crippen molar-refractivity contribution in [2.45, 2.75) is 6.42 Å². The summed E-state index contributed by atoms with van der Waals surface area (Å²) in [7, 11) is 0. The average Bonchev–Trinajstić information content (AvgIpc) is 3.36. The summed E-state index contributed by atoms with van der Waals surface area (Å²) in [6, 6.07) is 26.9. The summed E-state index contributed by atoms with van der Waals surface area (Å²) in [6.45, 7) is 0. The van der Waals surface area contributed by atoms with Crippen molar-refractivity contribution in [2.24, 2.45) is 0 Å². The van der Waals surface area contributed by atoms with Crippen LogP contribution in [0.15, 0.2) is 104 Å². The summed E-state index contributed by atoms with van der Waals surface area (Å²) in [5.41, 5.74) is 1.71. The minimum atomic E-state index is -0.0674. The maximum atomic E-state index is 12.6. The molecule has 1 N–H and O–H groups in total. The van der Waals surface area contributed by atoms with E-state index in [9.17, 15) is 4.79 Å². The number of fused-ring (bicyclic) bond motifs is 1. The fourth-order valence-corrected chi connectivity index (χ4v) is 3.57. The van der Waals surface area contributed by atoms with Gasteiger partial charge in [-0.05, 0) is 52.7 Å². The van der Waals surface area contributed by atoms with E-state index in [0.29, 0.717) is 23.7 Å². The standard InChI is InChI=1S/C26H20N4O2/c31-25(16-20-8-5-7-19-6-1-2-9-23(19)20)29-21-10-12-22(13-11-21)32-26-17-24(27-18-28-26)30-14-3-4-15-30/h1-15,17-18H,16H2,(H,29,31). The van der Waals surface area contributed by atoms with E-state index in [0.717, 1.165) is 22.2 Å². The number of nitrogens with one attached hydrogen (secondary N) is 1. The molecule has 5 rings (SSSR count). The highest BCUT2D eigenvalue weighted by molar-refractivity contribution is 5.96. The number of rotatable bonds is 6. The van der Waals surface area contributed by atoms with Gasteiger partial charge in [-0.15, -0.1) is 0 Å². The van der Waals surface area contributed by atoms with Gasteiger partial charge in [0, 0.05) is 24.1 Å². The summed E-state index contributed by atoms with van der Waals surface area (Å²) >= 11 is 0. The lowest BCUT2D eigenvalue weighted by Crippen LogP contribution is -2.14. The molecule has 0 unspecified atom stereocenters. The van der Waals surface area contributed by atoms with Crippen LogP contribution in [0.2, 0.25) is 0 Å². The van der Waals surface area contributed by atoms with Gasteiger partial charge >= 0.3 is 0 Å². The van der Waals surface area contributed by atoms with E-state index >= 15 is 0 Å². The molecule has 6 heteroatoms. The average molecular weight is 420 g/mol. The van der Waals surface area contributed by atoms with Crippen LogP contribution in [0.3, 0.4) is 0 Å². The Bertz CT molecular complexity index is 1360. The molecular weight excluding hydrogens is 400 g/mol. The quantitative estimate of drug-likeness (QED) is 0.400. The Hall–Kier alpha value is -4.45. The van der Waals surface area contributed by atoms with Gasteiger partial charge in [-0.25, -0.2) is 9.97 Å². The van der Waals surface area contributed by atoms with Crippen molar-refractivity contribution in [3.63, 3.8) is 0 Å². The maximum Gasteiger partial charge on any atom is 0.228 e. The van der Waals surface area contributed by atoms with E-state index in [-0.39, 0.29) is 5.91 Å². The lowest BCUT2D eigenvalue weighted by atomic mass is 10.0. The minimum absolute atomic E-state index is 0.0674. The van der Waals surface area contributed by atoms with Crippen LogP contribution in [0.4, 0.5) is 5.69 Å². The molecule has 0 radical (unpaired) electrons. The van der Waals surface area contributed by atoms with Gasteiger partial charge in [0.15, 0.2) is 0 Å². The monoisotopic (exact) mass is 420 g/mol. The predicted octanol–water partition coefficient (Wildman–Crippen LogP) is 5.39. The van der Waals surface area contributed by atoms with E-state index in [2.05, 4.69) is 27.4 Å². The summed E-state index contributed by atoms with van der Waals surface area (Å²) < 4.78 is 7.72. The number of anilines is 1. The molecule has 2 heterocycles. The first-order valence-corrected chi connectivity index (χ1v) is 10.2. The van der Waals surface area contributed by atoms with Gasteiger partial charge in [-0.3, -0.25) is 4.79 Å². The molecule has 0 saturated heterocycles. The normalized spacial score (nSPS) is 10.8. The van der Waals surface area contributed by atoms with E-state index in [1.807, 2.05) is 71.6 Å². The predicted molar refractivity (Wildman–Crippen MR) is 124 cm³/mol. The lowest BCUT2D eigenvalue weighted by Gasteiger charge is -2.10. The van der Waals surface area contributed by atoms with Crippen LogP contribution in [-0.4, -0.2) is 20.4 Å². The first-order valence-electron chi connectivity index (χ1n) is 10.2. The third kappa shape index (κ3) is 4.34. The van der Waals surface area contributed by atoms with E-state index in [1.165, 1.54) is 6.33 Å². The molecule has 0 aliphatic heterocycles. The van der Waals surface area contributed by atoms with Crippen molar-refractivity contribution in [1.29, 1.82) is 0 Å². The Morgan fingerprint density at radius 3 is 2.50 bits per heavy atom. The van der Waals surface area contributed by atoms with Crippen molar-refractivity contribution in [2.75, 3.05) is 5.32 Å². The van der Waals surface area contributed by atoms with Crippen LogP contribution in [-0.2, 0) is 11.2 Å². The SMILES string of the molecule is O=C(Cc1cccc2ccccc12)Nc1ccc(Oc2cc(-n3cccc3)ncn2)cc1. The molecule has 3 aromatic carbocycles. The number of hydrogen-bond donors (Lipinski definition) is 1. The summed E-state index contributed by atoms with van der Waals surface area (Å²) in [4.78, 5) is 21.0. The van der Waals surface area contributed by atoms with Crippen LogP contribution < -0.4 is 10.1 Å². The minimum Gasteiger partial charge on any atom is -0.439 e. The second-order valence-corrected chi connectivity index (χ2v) is 7.29. The molecule has 156 valence electrons. The number of aromatic nitrogens is 3. The second-order valence-electron chi connectivity index (χ2n) is 7.29. The molecule has 5 aromatic rings. The molecule has 2 aromatic heterocycles. The summed E-state index contributed by atoms with van der Waals surface area (Å²) in [5.74, 6) is 1.71. The van der Waals surface area contributed by atoms with Crippen molar-refractivity contribution < 1.29 is 9.53 Å². The number of carbonyl (C=O) groups is 1. The number of benzene rings is 3. The maximum absolute atomic E-state index is 12.6. The van der Waals surface area contributed by atoms with E-state index < -0.39 is 0 Å². The number of carbonyl (C=O) groups excluding carboxylic acids is 1. The number of amides is 1. The Morgan fingerprint density at radius 1 is 0.875 bits per heavy atom. The molecule has 0 saturated carbocycles. The summed E-state index contributed by atoms with van der Waals surface area (Å²) in [6.07, 6.45) is 5.58. The van der Waals surface area contributed by atoms with E-state index in [4.69, 9.17) is 4.74 Å². The number of ether oxygens (including phenoxy) is 1. The molecule has 32 heavy (non-hydrogen) atoms. The third-order valence-electron chi connectivity index (χ3n) is 5.09. The van der Waals surface area contributed by atoms with Crippen LogP contribution in [0, 0.1) is 0 Å². The van der Waals surface area contributed by atoms with Crippen molar-refractivity contribution in [3.05, 3.63) is 109 Å². The van der Waals surface area contributed by atoms with Gasteiger partial charge in [0.05, 0.1) is 6.42 Å².